The minimum absolute atomic E-state index is 0.189. The van der Waals surface area contributed by atoms with Crippen LogP contribution < -0.4 is 0 Å². The number of thiophene rings is 1. The highest BCUT2D eigenvalue weighted by Crippen LogP contribution is 2.15. The van der Waals surface area contributed by atoms with Crippen LogP contribution in [0.25, 0.3) is 0 Å². The molecule has 0 saturated carbocycles. The van der Waals surface area contributed by atoms with E-state index < -0.39 is 0 Å². The molecule has 60 valence electrons. The minimum atomic E-state index is 0.189. The van der Waals surface area contributed by atoms with Crippen LogP contribution in [0, 0.1) is 0 Å². The van der Waals surface area contributed by atoms with Crippen molar-refractivity contribution in [3.63, 3.8) is 0 Å². The fraction of sp³-hybridized carbons (Fsp3) is 0.375. The molecule has 3 heteroatoms. The van der Waals surface area contributed by atoms with E-state index in [4.69, 9.17) is 5.11 Å². The van der Waals surface area contributed by atoms with Gasteiger partial charge in [0.2, 0.25) is 0 Å². The van der Waals surface area contributed by atoms with Gasteiger partial charge < -0.3 is 5.11 Å². The summed E-state index contributed by atoms with van der Waals surface area (Å²) in [4.78, 5) is 11.2. The van der Waals surface area contributed by atoms with Gasteiger partial charge in [-0.05, 0) is 29.9 Å². The Labute approximate surface area is 69.5 Å². The van der Waals surface area contributed by atoms with Crippen LogP contribution in [0.1, 0.15) is 21.7 Å². The van der Waals surface area contributed by atoms with Gasteiger partial charge in [0.25, 0.3) is 0 Å². The maximum absolute atomic E-state index is 10.4. The fourth-order valence-electron chi connectivity index (χ4n) is 0.927. The van der Waals surface area contributed by atoms with Crippen LogP contribution in [-0.4, -0.2) is 18.0 Å². The van der Waals surface area contributed by atoms with Gasteiger partial charge in [-0.1, -0.05) is 0 Å². The van der Waals surface area contributed by atoms with Gasteiger partial charge in [-0.15, -0.1) is 11.3 Å². The van der Waals surface area contributed by atoms with Gasteiger partial charge in [-0.25, -0.2) is 0 Å². The molecule has 0 aromatic carbocycles. The molecule has 0 amide bonds. The average Bonchev–Trinajstić information content (AvgIpc) is 2.47. The first kappa shape index (κ1) is 8.43. The second-order valence-corrected chi connectivity index (χ2v) is 3.20. The van der Waals surface area contributed by atoms with Crippen molar-refractivity contribution in [2.75, 3.05) is 6.61 Å². The van der Waals surface area contributed by atoms with E-state index >= 15 is 0 Å². The Balaban J connectivity index is 2.61. The monoisotopic (exact) mass is 170 g/mol. The lowest BCUT2D eigenvalue weighted by molar-refractivity contribution is 0.112. The first-order chi connectivity index (χ1) is 5.38. The molecule has 2 nitrogen and oxygen atoms in total. The molecule has 11 heavy (non-hydrogen) atoms. The summed E-state index contributed by atoms with van der Waals surface area (Å²) in [7, 11) is 0. The van der Waals surface area contributed by atoms with Crippen LogP contribution in [0.3, 0.4) is 0 Å². The summed E-state index contributed by atoms with van der Waals surface area (Å²) < 4.78 is 0. The molecule has 0 unspecified atom stereocenters. The molecule has 0 radical (unpaired) electrons. The van der Waals surface area contributed by atoms with Crippen molar-refractivity contribution < 1.29 is 9.90 Å². The maximum atomic E-state index is 10.4. The summed E-state index contributed by atoms with van der Waals surface area (Å²) in [5.74, 6) is 0. The normalized spacial score (nSPS) is 9.91. The first-order valence-corrected chi connectivity index (χ1v) is 4.39. The van der Waals surface area contributed by atoms with Crippen molar-refractivity contribution >= 4 is 17.6 Å². The largest absolute Gasteiger partial charge is 0.396 e. The molecule has 0 spiro atoms. The van der Waals surface area contributed by atoms with Gasteiger partial charge in [-0.3, -0.25) is 4.79 Å². The van der Waals surface area contributed by atoms with Crippen LogP contribution in [0.5, 0.6) is 0 Å². The summed E-state index contributed by atoms with van der Waals surface area (Å²) >= 11 is 1.45. The van der Waals surface area contributed by atoms with Gasteiger partial charge >= 0.3 is 0 Å². The van der Waals surface area contributed by atoms with Crippen LogP contribution >= 0.6 is 11.3 Å². The number of aliphatic hydroxyl groups is 1. The van der Waals surface area contributed by atoms with E-state index in [0.717, 1.165) is 29.6 Å². The van der Waals surface area contributed by atoms with Gasteiger partial charge in [0.05, 0.1) is 4.88 Å². The molecule has 1 rings (SSSR count). The highest BCUT2D eigenvalue weighted by Gasteiger charge is 2.01. The highest BCUT2D eigenvalue weighted by molar-refractivity contribution is 7.11. The SMILES string of the molecule is O=Cc1sccc1CCCO. The molecule has 0 saturated heterocycles. The first-order valence-electron chi connectivity index (χ1n) is 3.51. The van der Waals surface area contributed by atoms with Crippen molar-refractivity contribution in [2.45, 2.75) is 12.8 Å². The van der Waals surface area contributed by atoms with Gasteiger partial charge in [0, 0.05) is 6.61 Å². The molecule has 1 aromatic heterocycles. The molecular formula is C8H10O2S. The molecule has 1 heterocycles. The number of aldehydes is 1. The van der Waals surface area contributed by atoms with E-state index in [0.29, 0.717) is 0 Å². The zero-order chi connectivity index (χ0) is 8.10. The lowest BCUT2D eigenvalue weighted by atomic mass is 10.1. The van der Waals surface area contributed by atoms with E-state index in [2.05, 4.69) is 0 Å². The third kappa shape index (κ3) is 2.13. The number of aryl methyl sites for hydroxylation is 1. The number of carbonyl (C=O) groups excluding carboxylic acids is 1. The number of rotatable bonds is 4. The second kappa shape index (κ2) is 4.26. The van der Waals surface area contributed by atoms with Crippen LogP contribution in [0.15, 0.2) is 11.4 Å². The Morgan fingerprint density at radius 1 is 1.64 bits per heavy atom. The summed E-state index contributed by atoms with van der Waals surface area (Å²) in [5.41, 5.74) is 1.05. The van der Waals surface area contributed by atoms with Crippen molar-refractivity contribution in [3.05, 3.63) is 21.9 Å². The standard InChI is InChI=1S/C8H10O2S/c9-4-1-2-7-3-5-11-8(7)6-10/h3,5-6,9H,1-2,4H2. The lowest BCUT2D eigenvalue weighted by Crippen LogP contribution is -1.90. The molecule has 0 aliphatic heterocycles. The molecule has 0 atom stereocenters. The molecule has 0 aliphatic carbocycles. The Bertz CT molecular complexity index is 230. The molecule has 1 aromatic rings. The molecule has 0 fully saturated rings. The van der Waals surface area contributed by atoms with Crippen molar-refractivity contribution in [3.8, 4) is 0 Å². The third-order valence-electron chi connectivity index (χ3n) is 1.49. The number of hydrogen-bond donors (Lipinski definition) is 1. The van der Waals surface area contributed by atoms with E-state index in [1.54, 1.807) is 0 Å². The Kier molecular flexibility index (Phi) is 3.26. The predicted molar refractivity (Wildman–Crippen MR) is 45.1 cm³/mol. The predicted octanol–water partition coefficient (Wildman–Crippen LogP) is 1.49. The Morgan fingerprint density at radius 3 is 3.09 bits per heavy atom. The van der Waals surface area contributed by atoms with E-state index in [1.165, 1.54) is 11.3 Å². The lowest BCUT2D eigenvalue weighted by Gasteiger charge is -1.94. The zero-order valence-electron chi connectivity index (χ0n) is 6.12. The summed E-state index contributed by atoms with van der Waals surface area (Å²) in [6.45, 7) is 0.189. The zero-order valence-corrected chi connectivity index (χ0v) is 6.93. The average molecular weight is 170 g/mol. The van der Waals surface area contributed by atoms with E-state index in [9.17, 15) is 4.79 Å². The topological polar surface area (TPSA) is 37.3 Å². The summed E-state index contributed by atoms with van der Waals surface area (Å²) in [6, 6.07) is 1.93. The maximum Gasteiger partial charge on any atom is 0.160 e. The fourth-order valence-corrected chi connectivity index (χ4v) is 1.68. The molecule has 0 bridgehead atoms. The molecule has 0 aliphatic rings. The second-order valence-electron chi connectivity index (χ2n) is 2.26. The number of hydrogen-bond acceptors (Lipinski definition) is 3. The molecular weight excluding hydrogens is 160 g/mol. The Hall–Kier alpha value is -0.670. The highest BCUT2D eigenvalue weighted by atomic mass is 32.1. The summed E-state index contributed by atoms with van der Waals surface area (Å²) in [6.07, 6.45) is 2.41. The van der Waals surface area contributed by atoms with Crippen LogP contribution in [0.2, 0.25) is 0 Å². The van der Waals surface area contributed by atoms with E-state index in [-0.39, 0.29) is 6.61 Å². The smallest absolute Gasteiger partial charge is 0.160 e. The molecule has 1 N–H and O–H groups in total. The van der Waals surface area contributed by atoms with Gasteiger partial charge in [0.15, 0.2) is 6.29 Å². The van der Waals surface area contributed by atoms with Crippen molar-refractivity contribution in [1.82, 2.24) is 0 Å². The third-order valence-corrected chi connectivity index (χ3v) is 2.38. The van der Waals surface area contributed by atoms with Gasteiger partial charge in [-0.2, -0.15) is 0 Å². The quantitative estimate of drug-likeness (QED) is 0.695. The van der Waals surface area contributed by atoms with Crippen molar-refractivity contribution in [1.29, 1.82) is 0 Å². The minimum Gasteiger partial charge on any atom is -0.396 e. The van der Waals surface area contributed by atoms with E-state index in [1.807, 2.05) is 11.4 Å². The van der Waals surface area contributed by atoms with Gasteiger partial charge in [0.1, 0.15) is 0 Å². The Morgan fingerprint density at radius 2 is 2.45 bits per heavy atom. The van der Waals surface area contributed by atoms with Crippen LogP contribution in [-0.2, 0) is 6.42 Å². The van der Waals surface area contributed by atoms with Crippen LogP contribution in [0.4, 0.5) is 0 Å². The van der Waals surface area contributed by atoms with Crippen molar-refractivity contribution in [2.24, 2.45) is 0 Å². The number of aliphatic hydroxyl groups excluding tert-OH is 1. The summed E-state index contributed by atoms with van der Waals surface area (Å²) in [5, 5.41) is 10.4. The number of carbonyl (C=O) groups is 1.